The smallest absolute Gasteiger partial charge is 0.303 e. The Hall–Kier alpha value is -1.04. The molecule has 6 heteroatoms. The Bertz CT molecular complexity index is 388. The number of carboxylic acids is 1. The molecule has 0 spiro atoms. The number of aryl methyl sites for hydroxylation is 1. The van der Waals surface area contributed by atoms with Gasteiger partial charge in [0.1, 0.15) is 0 Å². The lowest BCUT2D eigenvalue weighted by Gasteiger charge is -2.04. The third-order valence-electron chi connectivity index (χ3n) is 3.04. The molecule has 0 aromatic carbocycles. The molecule has 1 aliphatic rings. The highest BCUT2D eigenvalue weighted by atomic mass is 32.2. The number of hydrogen-bond acceptors (Lipinski definition) is 5. The summed E-state index contributed by atoms with van der Waals surface area (Å²) in [6, 6.07) is 0. The lowest BCUT2D eigenvalue weighted by atomic mass is 10.2. The summed E-state index contributed by atoms with van der Waals surface area (Å²) in [5, 5.41) is 13.2. The summed E-state index contributed by atoms with van der Waals surface area (Å²) in [7, 11) is 0. The van der Waals surface area contributed by atoms with E-state index in [0.29, 0.717) is 18.7 Å². The molecule has 1 heterocycles. The first kappa shape index (κ1) is 13.4. The van der Waals surface area contributed by atoms with E-state index >= 15 is 0 Å². The topological polar surface area (TPSA) is 76.2 Å². The van der Waals surface area contributed by atoms with Crippen molar-refractivity contribution >= 4 is 17.7 Å². The molecule has 1 saturated carbocycles. The van der Waals surface area contributed by atoms with Gasteiger partial charge in [0, 0.05) is 18.1 Å². The van der Waals surface area contributed by atoms with Crippen molar-refractivity contribution in [3.63, 3.8) is 0 Å². The van der Waals surface area contributed by atoms with Gasteiger partial charge in [-0.3, -0.25) is 4.79 Å². The molecule has 1 aliphatic carbocycles. The Morgan fingerprint density at radius 2 is 2.22 bits per heavy atom. The van der Waals surface area contributed by atoms with Crippen LogP contribution in [0.25, 0.3) is 0 Å². The Morgan fingerprint density at radius 3 is 2.94 bits per heavy atom. The van der Waals surface area contributed by atoms with E-state index < -0.39 is 5.97 Å². The SMILES string of the molecule is O=C(O)CCCc1nc(CSC2CCCC2)no1. The van der Waals surface area contributed by atoms with Crippen LogP contribution in [0.1, 0.15) is 50.2 Å². The molecule has 1 fully saturated rings. The normalized spacial score (nSPS) is 16.2. The van der Waals surface area contributed by atoms with Gasteiger partial charge in [0.2, 0.25) is 5.89 Å². The summed E-state index contributed by atoms with van der Waals surface area (Å²) >= 11 is 1.90. The highest BCUT2D eigenvalue weighted by molar-refractivity contribution is 7.99. The molecule has 1 aromatic rings. The molecule has 2 rings (SSSR count). The number of aliphatic carboxylic acids is 1. The van der Waals surface area contributed by atoms with Crippen molar-refractivity contribution in [2.24, 2.45) is 0 Å². The van der Waals surface area contributed by atoms with Gasteiger partial charge in [-0.25, -0.2) is 0 Å². The molecule has 18 heavy (non-hydrogen) atoms. The molecule has 0 unspecified atom stereocenters. The molecule has 0 saturated heterocycles. The number of nitrogens with zero attached hydrogens (tertiary/aromatic N) is 2. The van der Waals surface area contributed by atoms with Gasteiger partial charge in [0.05, 0.1) is 5.75 Å². The maximum Gasteiger partial charge on any atom is 0.303 e. The van der Waals surface area contributed by atoms with E-state index in [0.717, 1.165) is 16.8 Å². The second kappa shape index (κ2) is 6.78. The summed E-state index contributed by atoms with van der Waals surface area (Å²) in [4.78, 5) is 14.7. The van der Waals surface area contributed by atoms with Gasteiger partial charge < -0.3 is 9.63 Å². The molecular weight excluding hydrogens is 252 g/mol. The lowest BCUT2D eigenvalue weighted by Crippen LogP contribution is -1.97. The maximum atomic E-state index is 10.4. The van der Waals surface area contributed by atoms with Gasteiger partial charge in [-0.15, -0.1) is 0 Å². The summed E-state index contributed by atoms with van der Waals surface area (Å²) in [5.41, 5.74) is 0. The minimum absolute atomic E-state index is 0.147. The zero-order chi connectivity index (χ0) is 12.8. The zero-order valence-electron chi connectivity index (χ0n) is 10.3. The molecule has 0 atom stereocenters. The van der Waals surface area contributed by atoms with Gasteiger partial charge >= 0.3 is 5.97 Å². The van der Waals surface area contributed by atoms with Gasteiger partial charge in [0.25, 0.3) is 0 Å². The lowest BCUT2D eigenvalue weighted by molar-refractivity contribution is -0.137. The molecule has 100 valence electrons. The molecule has 1 N–H and O–H groups in total. The van der Waals surface area contributed by atoms with E-state index in [2.05, 4.69) is 10.1 Å². The van der Waals surface area contributed by atoms with Crippen molar-refractivity contribution in [1.29, 1.82) is 0 Å². The zero-order valence-corrected chi connectivity index (χ0v) is 11.1. The largest absolute Gasteiger partial charge is 0.481 e. The van der Waals surface area contributed by atoms with Crippen LogP contribution >= 0.6 is 11.8 Å². The van der Waals surface area contributed by atoms with Crippen LogP contribution in [0.2, 0.25) is 0 Å². The minimum atomic E-state index is -0.786. The van der Waals surface area contributed by atoms with Crippen LogP contribution in [0.15, 0.2) is 4.52 Å². The number of carboxylic acid groups (broad SMARTS) is 1. The van der Waals surface area contributed by atoms with Gasteiger partial charge in [-0.2, -0.15) is 16.7 Å². The summed E-state index contributed by atoms with van der Waals surface area (Å²) in [5.74, 6) is 1.30. The first-order valence-electron chi connectivity index (χ1n) is 6.39. The molecule has 0 aliphatic heterocycles. The average molecular weight is 270 g/mol. The molecule has 0 radical (unpaired) electrons. The number of hydrogen-bond donors (Lipinski definition) is 1. The van der Waals surface area contributed by atoms with E-state index in [1.54, 1.807) is 0 Å². The van der Waals surface area contributed by atoms with E-state index in [9.17, 15) is 4.79 Å². The molecule has 0 amide bonds. The number of carbonyl (C=O) groups is 1. The van der Waals surface area contributed by atoms with E-state index in [1.807, 2.05) is 11.8 Å². The summed E-state index contributed by atoms with van der Waals surface area (Å²) in [6.45, 7) is 0. The predicted octanol–water partition coefficient (Wildman–Crippen LogP) is 2.65. The van der Waals surface area contributed by atoms with Gasteiger partial charge in [0.15, 0.2) is 5.82 Å². The van der Waals surface area contributed by atoms with Crippen LogP contribution in [0.4, 0.5) is 0 Å². The average Bonchev–Trinajstić information content (AvgIpc) is 2.96. The Labute approximate surface area is 110 Å². The fraction of sp³-hybridized carbons (Fsp3) is 0.750. The quantitative estimate of drug-likeness (QED) is 0.820. The fourth-order valence-corrected chi connectivity index (χ4v) is 3.26. The van der Waals surface area contributed by atoms with Crippen molar-refractivity contribution in [2.75, 3.05) is 0 Å². The monoisotopic (exact) mass is 270 g/mol. The number of thioether (sulfide) groups is 1. The number of aromatic nitrogens is 2. The second-order valence-electron chi connectivity index (χ2n) is 4.57. The van der Waals surface area contributed by atoms with Crippen molar-refractivity contribution in [2.45, 2.75) is 55.9 Å². The van der Waals surface area contributed by atoms with Crippen LogP contribution in [0.3, 0.4) is 0 Å². The van der Waals surface area contributed by atoms with Crippen LogP contribution in [0.5, 0.6) is 0 Å². The van der Waals surface area contributed by atoms with E-state index in [1.165, 1.54) is 25.7 Å². The Kier molecular flexibility index (Phi) is 5.04. The predicted molar refractivity (Wildman–Crippen MR) is 68.4 cm³/mol. The molecular formula is C12H18N2O3S. The van der Waals surface area contributed by atoms with Crippen LogP contribution in [-0.4, -0.2) is 26.5 Å². The summed E-state index contributed by atoms with van der Waals surface area (Å²) in [6.07, 6.45) is 6.52. The summed E-state index contributed by atoms with van der Waals surface area (Å²) < 4.78 is 5.09. The first-order chi connectivity index (χ1) is 8.74. The minimum Gasteiger partial charge on any atom is -0.481 e. The maximum absolute atomic E-state index is 10.4. The van der Waals surface area contributed by atoms with Crippen LogP contribution in [-0.2, 0) is 17.0 Å². The highest BCUT2D eigenvalue weighted by Crippen LogP contribution is 2.30. The van der Waals surface area contributed by atoms with Crippen molar-refractivity contribution < 1.29 is 14.4 Å². The molecule has 1 aromatic heterocycles. The van der Waals surface area contributed by atoms with Crippen LogP contribution in [0, 0.1) is 0 Å². The standard InChI is InChI=1S/C12H18N2O3S/c15-12(16)7-3-6-11-13-10(14-17-11)8-18-9-4-1-2-5-9/h9H,1-8H2,(H,15,16). The molecule has 5 nitrogen and oxygen atoms in total. The van der Waals surface area contributed by atoms with E-state index in [-0.39, 0.29) is 6.42 Å². The third kappa shape index (κ3) is 4.33. The Morgan fingerprint density at radius 1 is 1.44 bits per heavy atom. The van der Waals surface area contributed by atoms with Gasteiger partial charge in [-0.05, 0) is 19.3 Å². The number of rotatable bonds is 7. The Balaban J connectivity index is 1.70. The fourth-order valence-electron chi connectivity index (χ4n) is 2.09. The van der Waals surface area contributed by atoms with Crippen LogP contribution < -0.4 is 0 Å². The van der Waals surface area contributed by atoms with Crippen molar-refractivity contribution in [3.05, 3.63) is 11.7 Å². The first-order valence-corrected chi connectivity index (χ1v) is 7.44. The molecule has 0 bridgehead atoms. The second-order valence-corrected chi connectivity index (χ2v) is 5.86. The van der Waals surface area contributed by atoms with Gasteiger partial charge in [-0.1, -0.05) is 18.0 Å². The third-order valence-corrected chi connectivity index (χ3v) is 4.41. The van der Waals surface area contributed by atoms with Crippen molar-refractivity contribution in [1.82, 2.24) is 10.1 Å². The van der Waals surface area contributed by atoms with E-state index in [4.69, 9.17) is 9.63 Å². The van der Waals surface area contributed by atoms with Crippen molar-refractivity contribution in [3.8, 4) is 0 Å². The highest BCUT2D eigenvalue weighted by Gasteiger charge is 2.16.